The molecule has 1 aromatic carbocycles. The van der Waals surface area contributed by atoms with Crippen LogP contribution in [0.2, 0.25) is 0 Å². The molecule has 33 heavy (non-hydrogen) atoms. The van der Waals surface area contributed by atoms with Gasteiger partial charge >= 0.3 is 0 Å². The molecule has 2 fully saturated rings. The summed E-state index contributed by atoms with van der Waals surface area (Å²) in [6, 6.07) is 8.36. The van der Waals surface area contributed by atoms with Gasteiger partial charge in [0.25, 0.3) is 5.91 Å². The SMILES string of the molecule is Cc1ccc(C(=O)N2CCN(CC(=O)N3CCN(S(=O)(=O)c4cccc(F)c4)CC3)CC2)o1. The van der Waals surface area contributed by atoms with E-state index in [-0.39, 0.29) is 49.4 Å². The fourth-order valence-electron chi connectivity index (χ4n) is 4.06. The summed E-state index contributed by atoms with van der Waals surface area (Å²) in [5, 5.41) is 0. The van der Waals surface area contributed by atoms with Crippen molar-refractivity contribution in [3.63, 3.8) is 0 Å². The largest absolute Gasteiger partial charge is 0.456 e. The van der Waals surface area contributed by atoms with Crippen LogP contribution in [0.5, 0.6) is 0 Å². The van der Waals surface area contributed by atoms with E-state index in [2.05, 4.69) is 0 Å². The lowest BCUT2D eigenvalue weighted by molar-refractivity contribution is -0.133. The van der Waals surface area contributed by atoms with Crippen LogP contribution >= 0.6 is 0 Å². The summed E-state index contributed by atoms with van der Waals surface area (Å²) < 4.78 is 45.6. The second-order valence-electron chi connectivity index (χ2n) is 8.22. The Kier molecular flexibility index (Phi) is 6.82. The lowest BCUT2D eigenvalue weighted by atomic mass is 10.2. The quantitative estimate of drug-likeness (QED) is 0.637. The number of hydrogen-bond acceptors (Lipinski definition) is 6. The molecule has 3 heterocycles. The Morgan fingerprint density at radius 2 is 1.61 bits per heavy atom. The first-order chi connectivity index (χ1) is 15.7. The molecule has 2 aliphatic rings. The van der Waals surface area contributed by atoms with Gasteiger partial charge in [-0.1, -0.05) is 6.07 Å². The third-order valence-corrected chi connectivity index (χ3v) is 7.89. The molecular weight excluding hydrogens is 451 g/mol. The molecule has 2 saturated heterocycles. The van der Waals surface area contributed by atoms with E-state index in [0.717, 1.165) is 6.07 Å². The van der Waals surface area contributed by atoms with Gasteiger partial charge < -0.3 is 14.2 Å². The van der Waals surface area contributed by atoms with E-state index in [1.807, 2.05) is 4.90 Å². The number of hydrogen-bond donors (Lipinski definition) is 0. The molecule has 4 rings (SSSR count). The topological polar surface area (TPSA) is 94.4 Å². The second kappa shape index (κ2) is 9.62. The summed E-state index contributed by atoms with van der Waals surface area (Å²) in [6.45, 7) is 5.06. The molecule has 0 spiro atoms. The van der Waals surface area contributed by atoms with Gasteiger partial charge in [-0.2, -0.15) is 4.31 Å². The van der Waals surface area contributed by atoms with E-state index in [0.29, 0.717) is 37.7 Å². The monoisotopic (exact) mass is 478 g/mol. The zero-order valence-electron chi connectivity index (χ0n) is 18.4. The lowest BCUT2D eigenvalue weighted by Crippen LogP contribution is -2.55. The van der Waals surface area contributed by atoms with Crippen LogP contribution in [-0.4, -0.2) is 98.1 Å². The highest BCUT2D eigenvalue weighted by atomic mass is 32.2. The van der Waals surface area contributed by atoms with E-state index in [1.165, 1.54) is 22.5 Å². The van der Waals surface area contributed by atoms with E-state index >= 15 is 0 Å². The minimum Gasteiger partial charge on any atom is -0.456 e. The molecule has 0 atom stereocenters. The number of nitrogens with zero attached hydrogens (tertiary/aromatic N) is 4. The molecule has 2 amide bonds. The number of rotatable bonds is 5. The molecule has 11 heteroatoms. The molecule has 2 aliphatic heterocycles. The van der Waals surface area contributed by atoms with Gasteiger partial charge in [-0.3, -0.25) is 14.5 Å². The number of amides is 2. The first-order valence-corrected chi connectivity index (χ1v) is 12.3. The highest BCUT2D eigenvalue weighted by Crippen LogP contribution is 2.19. The molecule has 2 aromatic rings. The van der Waals surface area contributed by atoms with Gasteiger partial charge in [0.15, 0.2) is 5.76 Å². The molecule has 0 saturated carbocycles. The molecule has 178 valence electrons. The first-order valence-electron chi connectivity index (χ1n) is 10.9. The number of halogens is 1. The van der Waals surface area contributed by atoms with Crippen molar-refractivity contribution < 1.29 is 26.8 Å². The van der Waals surface area contributed by atoms with Crippen LogP contribution in [0.3, 0.4) is 0 Å². The van der Waals surface area contributed by atoms with Crippen LogP contribution in [0, 0.1) is 12.7 Å². The molecule has 0 aliphatic carbocycles. The summed E-state index contributed by atoms with van der Waals surface area (Å²) in [5.41, 5.74) is 0. The summed E-state index contributed by atoms with van der Waals surface area (Å²) in [4.78, 5) is 30.5. The van der Waals surface area contributed by atoms with Crippen LogP contribution in [0.25, 0.3) is 0 Å². The number of sulfonamides is 1. The smallest absolute Gasteiger partial charge is 0.289 e. The Balaban J connectivity index is 1.25. The van der Waals surface area contributed by atoms with Crippen molar-refractivity contribution in [3.05, 3.63) is 53.7 Å². The molecule has 1 aromatic heterocycles. The minimum atomic E-state index is -3.80. The predicted octanol–water partition coefficient (Wildman–Crippen LogP) is 1.02. The van der Waals surface area contributed by atoms with Crippen molar-refractivity contribution >= 4 is 21.8 Å². The third kappa shape index (κ3) is 5.26. The zero-order chi connectivity index (χ0) is 23.6. The van der Waals surface area contributed by atoms with Gasteiger partial charge in [0.05, 0.1) is 11.4 Å². The molecule has 0 radical (unpaired) electrons. The molecular formula is C22H27FN4O5S. The average molecular weight is 479 g/mol. The maximum Gasteiger partial charge on any atom is 0.289 e. The van der Waals surface area contributed by atoms with Crippen molar-refractivity contribution in [3.8, 4) is 0 Å². The van der Waals surface area contributed by atoms with E-state index < -0.39 is 15.8 Å². The highest BCUT2D eigenvalue weighted by molar-refractivity contribution is 7.89. The van der Waals surface area contributed by atoms with Gasteiger partial charge in [-0.05, 0) is 37.3 Å². The van der Waals surface area contributed by atoms with E-state index in [1.54, 1.807) is 28.9 Å². The third-order valence-electron chi connectivity index (χ3n) is 5.99. The summed E-state index contributed by atoms with van der Waals surface area (Å²) in [7, 11) is -3.80. The van der Waals surface area contributed by atoms with Gasteiger partial charge in [0.2, 0.25) is 15.9 Å². The van der Waals surface area contributed by atoms with E-state index in [9.17, 15) is 22.4 Å². The summed E-state index contributed by atoms with van der Waals surface area (Å²) in [6.07, 6.45) is 0. The van der Waals surface area contributed by atoms with Crippen molar-refractivity contribution in [2.24, 2.45) is 0 Å². The van der Waals surface area contributed by atoms with E-state index in [4.69, 9.17) is 4.42 Å². The van der Waals surface area contributed by atoms with Gasteiger partial charge in [0.1, 0.15) is 11.6 Å². The molecule has 0 bridgehead atoms. The first kappa shape index (κ1) is 23.4. The van der Waals surface area contributed by atoms with Crippen LogP contribution in [0.1, 0.15) is 16.3 Å². The standard InChI is InChI=1S/C22H27FN4O5S/c1-17-5-6-20(32-17)22(29)26-9-7-24(8-10-26)16-21(28)25-11-13-27(14-12-25)33(30,31)19-4-2-3-18(23)15-19/h2-6,15H,7-14,16H2,1H3. The normalized spacial score (nSPS) is 18.5. The predicted molar refractivity (Wildman–Crippen MR) is 118 cm³/mol. The van der Waals surface area contributed by atoms with Crippen LogP contribution in [-0.2, 0) is 14.8 Å². The lowest BCUT2D eigenvalue weighted by Gasteiger charge is -2.37. The van der Waals surface area contributed by atoms with Crippen molar-refractivity contribution in [1.82, 2.24) is 19.0 Å². The van der Waals surface area contributed by atoms with Gasteiger partial charge in [-0.25, -0.2) is 12.8 Å². The maximum absolute atomic E-state index is 13.4. The number of benzene rings is 1. The Bertz CT molecular complexity index is 1120. The van der Waals surface area contributed by atoms with Crippen molar-refractivity contribution in [2.45, 2.75) is 11.8 Å². The number of piperazine rings is 2. The Hall–Kier alpha value is -2.76. The summed E-state index contributed by atoms with van der Waals surface area (Å²) in [5.74, 6) is 0.185. The Morgan fingerprint density at radius 3 is 2.21 bits per heavy atom. The van der Waals surface area contributed by atoms with Gasteiger partial charge in [-0.15, -0.1) is 0 Å². The Labute approximate surface area is 192 Å². The molecule has 0 unspecified atom stereocenters. The number of furan rings is 1. The number of aryl methyl sites for hydroxylation is 1. The van der Waals surface area contributed by atoms with Crippen LogP contribution < -0.4 is 0 Å². The highest BCUT2D eigenvalue weighted by Gasteiger charge is 2.31. The number of carbonyl (C=O) groups is 2. The molecule has 9 nitrogen and oxygen atoms in total. The fourth-order valence-corrected chi connectivity index (χ4v) is 5.51. The minimum absolute atomic E-state index is 0.0701. The molecule has 0 N–H and O–H groups in total. The Morgan fingerprint density at radius 1 is 0.939 bits per heavy atom. The fraction of sp³-hybridized carbons (Fsp3) is 0.455. The van der Waals surface area contributed by atoms with Crippen LogP contribution in [0.15, 0.2) is 45.7 Å². The maximum atomic E-state index is 13.4. The van der Waals surface area contributed by atoms with Gasteiger partial charge in [0, 0.05) is 52.4 Å². The van der Waals surface area contributed by atoms with Crippen molar-refractivity contribution in [1.29, 1.82) is 0 Å². The zero-order valence-corrected chi connectivity index (χ0v) is 19.3. The average Bonchev–Trinajstić information content (AvgIpc) is 3.25. The van der Waals surface area contributed by atoms with Crippen molar-refractivity contribution in [2.75, 3.05) is 58.9 Å². The second-order valence-corrected chi connectivity index (χ2v) is 10.2. The number of carbonyl (C=O) groups excluding carboxylic acids is 2. The van der Waals surface area contributed by atoms with Crippen LogP contribution in [0.4, 0.5) is 4.39 Å². The summed E-state index contributed by atoms with van der Waals surface area (Å²) >= 11 is 0.